The van der Waals surface area contributed by atoms with Gasteiger partial charge in [-0.15, -0.1) is 0 Å². The lowest BCUT2D eigenvalue weighted by atomic mass is 9.76. The van der Waals surface area contributed by atoms with Crippen molar-refractivity contribution in [3.05, 3.63) is 167 Å². The second-order valence-electron chi connectivity index (χ2n) is 9.33. The van der Waals surface area contributed by atoms with Crippen LogP contribution in [0.5, 0.6) is 5.75 Å². The van der Waals surface area contributed by atoms with Crippen LogP contribution in [0.2, 0.25) is 0 Å². The van der Waals surface area contributed by atoms with E-state index in [1.807, 2.05) is 30.3 Å². The summed E-state index contributed by atoms with van der Waals surface area (Å²) < 4.78 is 8.76. The Bertz CT molecular complexity index is 1580. The first-order valence-corrected chi connectivity index (χ1v) is 13.7. The number of aromatic nitrogens is 2. The van der Waals surface area contributed by atoms with Crippen LogP contribution in [0, 0.1) is 0 Å². The Labute approximate surface area is 237 Å². The van der Waals surface area contributed by atoms with Crippen molar-refractivity contribution in [3.8, 4) is 28.3 Å². The largest absolute Gasteiger partial charge is 0.497 e. The molecule has 5 aromatic carbocycles. The Morgan fingerprint density at radius 2 is 1.05 bits per heavy atom. The van der Waals surface area contributed by atoms with Crippen molar-refractivity contribution in [2.24, 2.45) is 0 Å². The molecule has 0 spiro atoms. The summed E-state index contributed by atoms with van der Waals surface area (Å²) in [6.07, 6.45) is 0. The van der Waals surface area contributed by atoms with E-state index in [1.165, 1.54) is 0 Å². The van der Waals surface area contributed by atoms with Crippen molar-refractivity contribution < 1.29 is 4.74 Å². The van der Waals surface area contributed by atoms with E-state index in [0.29, 0.717) is 0 Å². The van der Waals surface area contributed by atoms with Crippen molar-refractivity contribution in [1.82, 2.24) is 9.78 Å². The SMILES string of the molecule is COc1cccc(-c2c(Br)c(-c3ccccc3)nn2C(c2ccccc2)(c2ccccc2)c2ccccc2)c1. The molecular weight excluding hydrogens is 544 g/mol. The zero-order chi connectivity index (χ0) is 26.7. The first-order valence-electron chi connectivity index (χ1n) is 12.9. The summed E-state index contributed by atoms with van der Waals surface area (Å²) in [7, 11) is 1.70. The first-order chi connectivity index (χ1) is 19.2. The van der Waals surface area contributed by atoms with Gasteiger partial charge in [0.05, 0.1) is 17.3 Å². The minimum absolute atomic E-state index is 0.766. The fourth-order valence-corrected chi connectivity index (χ4v) is 6.05. The third kappa shape index (κ3) is 4.37. The van der Waals surface area contributed by atoms with Crippen LogP contribution >= 0.6 is 15.9 Å². The Morgan fingerprint density at radius 1 is 0.590 bits per heavy atom. The fraction of sp³-hybridized carbons (Fsp3) is 0.0571. The van der Waals surface area contributed by atoms with Crippen LogP contribution in [0.15, 0.2) is 150 Å². The lowest BCUT2D eigenvalue weighted by Crippen LogP contribution is -2.39. The topological polar surface area (TPSA) is 27.1 Å². The highest BCUT2D eigenvalue weighted by molar-refractivity contribution is 9.10. The van der Waals surface area contributed by atoms with Gasteiger partial charge in [-0.05, 0) is 44.8 Å². The number of rotatable bonds is 7. The lowest BCUT2D eigenvalue weighted by Gasteiger charge is -2.37. The second kappa shape index (κ2) is 10.8. The number of hydrogen-bond donors (Lipinski definition) is 0. The van der Waals surface area contributed by atoms with E-state index in [2.05, 4.69) is 136 Å². The molecule has 4 heteroatoms. The van der Waals surface area contributed by atoms with Crippen molar-refractivity contribution >= 4 is 15.9 Å². The van der Waals surface area contributed by atoms with Crippen LogP contribution in [0.4, 0.5) is 0 Å². The molecular formula is C35H27BrN2O. The Hall–Kier alpha value is -4.41. The third-order valence-electron chi connectivity index (χ3n) is 7.11. The zero-order valence-corrected chi connectivity index (χ0v) is 23.1. The van der Waals surface area contributed by atoms with Gasteiger partial charge in [-0.25, -0.2) is 4.68 Å². The van der Waals surface area contributed by atoms with Gasteiger partial charge < -0.3 is 4.74 Å². The summed E-state index contributed by atoms with van der Waals surface area (Å²) in [5.74, 6) is 0.790. The molecule has 0 fully saturated rings. The van der Waals surface area contributed by atoms with Gasteiger partial charge in [0, 0.05) is 11.1 Å². The van der Waals surface area contributed by atoms with Crippen LogP contribution in [0.3, 0.4) is 0 Å². The Balaban J connectivity index is 1.80. The van der Waals surface area contributed by atoms with E-state index in [1.54, 1.807) is 7.11 Å². The molecule has 0 radical (unpaired) electrons. The molecule has 39 heavy (non-hydrogen) atoms. The smallest absolute Gasteiger partial charge is 0.138 e. The van der Waals surface area contributed by atoms with Gasteiger partial charge >= 0.3 is 0 Å². The van der Waals surface area contributed by atoms with Crippen molar-refractivity contribution in [3.63, 3.8) is 0 Å². The third-order valence-corrected chi connectivity index (χ3v) is 7.86. The van der Waals surface area contributed by atoms with E-state index >= 15 is 0 Å². The van der Waals surface area contributed by atoms with Gasteiger partial charge in [0.2, 0.25) is 0 Å². The summed E-state index contributed by atoms with van der Waals surface area (Å²) in [6, 6.07) is 50.4. The molecule has 190 valence electrons. The molecule has 0 aliphatic rings. The van der Waals surface area contributed by atoms with E-state index in [4.69, 9.17) is 9.84 Å². The molecule has 0 aliphatic heterocycles. The van der Waals surface area contributed by atoms with Crippen LogP contribution in [0.25, 0.3) is 22.5 Å². The molecule has 0 N–H and O–H groups in total. The highest BCUT2D eigenvalue weighted by atomic mass is 79.9. The van der Waals surface area contributed by atoms with Crippen molar-refractivity contribution in [2.45, 2.75) is 5.54 Å². The average molecular weight is 572 g/mol. The van der Waals surface area contributed by atoms with E-state index in [-0.39, 0.29) is 0 Å². The van der Waals surface area contributed by atoms with E-state index < -0.39 is 5.54 Å². The van der Waals surface area contributed by atoms with Gasteiger partial charge in [-0.1, -0.05) is 133 Å². The number of ether oxygens (including phenoxy) is 1. The molecule has 0 bridgehead atoms. The fourth-order valence-electron chi connectivity index (χ4n) is 5.35. The molecule has 0 saturated carbocycles. The standard InChI is InChI=1S/C35H27BrN2O/c1-39-31-24-14-17-27(25-31)34-32(36)33(26-15-6-2-7-16-26)37-38(34)35(28-18-8-3-9-19-28,29-20-10-4-11-21-29)30-22-12-5-13-23-30/h2-25H,1H3. The molecule has 3 nitrogen and oxygen atoms in total. The average Bonchev–Trinajstić information content (AvgIpc) is 3.36. The Kier molecular flexibility index (Phi) is 6.87. The van der Waals surface area contributed by atoms with Crippen LogP contribution < -0.4 is 4.74 Å². The molecule has 0 saturated heterocycles. The predicted molar refractivity (Wildman–Crippen MR) is 162 cm³/mol. The maximum absolute atomic E-state index is 5.64. The monoisotopic (exact) mass is 570 g/mol. The van der Waals surface area contributed by atoms with Gasteiger partial charge in [-0.2, -0.15) is 5.10 Å². The molecule has 6 rings (SSSR count). The van der Waals surface area contributed by atoms with Crippen molar-refractivity contribution in [2.75, 3.05) is 7.11 Å². The number of methoxy groups -OCH3 is 1. The van der Waals surface area contributed by atoms with E-state index in [9.17, 15) is 0 Å². The summed E-state index contributed by atoms with van der Waals surface area (Å²) >= 11 is 4.01. The predicted octanol–water partition coefficient (Wildman–Crippen LogP) is 8.83. The van der Waals surface area contributed by atoms with Crippen LogP contribution in [0.1, 0.15) is 16.7 Å². The Morgan fingerprint density at radius 3 is 1.54 bits per heavy atom. The van der Waals surface area contributed by atoms with E-state index in [0.717, 1.165) is 49.4 Å². The van der Waals surface area contributed by atoms with Gasteiger partial charge in [0.25, 0.3) is 0 Å². The first kappa shape index (κ1) is 24.9. The molecule has 0 atom stereocenters. The normalized spacial score (nSPS) is 11.3. The minimum Gasteiger partial charge on any atom is -0.497 e. The van der Waals surface area contributed by atoms with Gasteiger partial charge in [0.1, 0.15) is 17.0 Å². The molecule has 0 unspecified atom stereocenters. The summed E-state index contributed by atoms with van der Waals surface area (Å²) in [5.41, 5.74) is 6.45. The van der Waals surface area contributed by atoms with Crippen molar-refractivity contribution in [1.29, 1.82) is 0 Å². The summed E-state index contributed by atoms with van der Waals surface area (Å²) in [4.78, 5) is 0. The highest BCUT2D eigenvalue weighted by Gasteiger charge is 2.42. The maximum Gasteiger partial charge on any atom is 0.138 e. The highest BCUT2D eigenvalue weighted by Crippen LogP contribution is 2.47. The molecule has 0 amide bonds. The lowest BCUT2D eigenvalue weighted by molar-refractivity contribution is 0.414. The number of nitrogens with zero attached hydrogens (tertiary/aromatic N) is 2. The van der Waals surface area contributed by atoms with Crippen LogP contribution in [-0.4, -0.2) is 16.9 Å². The summed E-state index contributed by atoms with van der Waals surface area (Å²) in [6.45, 7) is 0. The minimum atomic E-state index is -0.766. The summed E-state index contributed by atoms with van der Waals surface area (Å²) in [5, 5.41) is 5.44. The molecule has 1 aromatic heterocycles. The van der Waals surface area contributed by atoms with Crippen LogP contribution in [-0.2, 0) is 5.54 Å². The van der Waals surface area contributed by atoms with Gasteiger partial charge in [-0.3, -0.25) is 0 Å². The molecule has 0 aliphatic carbocycles. The molecule has 1 heterocycles. The number of hydrogen-bond acceptors (Lipinski definition) is 2. The number of benzene rings is 5. The number of halogens is 1. The zero-order valence-electron chi connectivity index (χ0n) is 21.5. The maximum atomic E-state index is 5.64. The second-order valence-corrected chi connectivity index (χ2v) is 10.1. The van der Waals surface area contributed by atoms with Gasteiger partial charge in [0.15, 0.2) is 0 Å². The molecule has 6 aromatic rings. The quantitative estimate of drug-likeness (QED) is 0.179.